The van der Waals surface area contributed by atoms with Crippen LogP contribution in [0.4, 0.5) is 10.7 Å². The minimum atomic E-state index is -0.721. The topological polar surface area (TPSA) is 141 Å². The number of carbonyl (C=O) groups is 4. The van der Waals surface area contributed by atoms with Crippen LogP contribution in [0.5, 0.6) is 17.2 Å². The second-order valence-corrected chi connectivity index (χ2v) is 15.5. The van der Waals surface area contributed by atoms with E-state index in [1.165, 1.54) is 57.6 Å². The normalized spacial score (nSPS) is 14.1. The molecule has 0 saturated carbocycles. The van der Waals surface area contributed by atoms with Crippen LogP contribution >= 0.6 is 23.1 Å². The van der Waals surface area contributed by atoms with E-state index in [0.717, 1.165) is 35.3 Å². The van der Waals surface area contributed by atoms with Gasteiger partial charge in [-0.05, 0) is 90.4 Å². The zero-order valence-electron chi connectivity index (χ0n) is 32.2. The van der Waals surface area contributed by atoms with Gasteiger partial charge in [-0.25, -0.2) is 4.79 Å². The predicted octanol–water partition coefficient (Wildman–Crippen LogP) is 8.57. The van der Waals surface area contributed by atoms with Gasteiger partial charge in [0.05, 0.1) is 34.0 Å². The van der Waals surface area contributed by atoms with Gasteiger partial charge >= 0.3 is 5.97 Å². The van der Waals surface area contributed by atoms with Crippen molar-refractivity contribution in [3.05, 3.63) is 135 Å². The summed E-state index contributed by atoms with van der Waals surface area (Å²) in [6.45, 7) is 2.19. The molecule has 2 unspecified atom stereocenters. The number of fused-ring (bicyclic) bond motifs is 1. The Bertz CT molecular complexity index is 2270. The van der Waals surface area contributed by atoms with Gasteiger partial charge in [-0.15, -0.1) is 23.1 Å². The van der Waals surface area contributed by atoms with Crippen LogP contribution < -0.4 is 30.2 Å². The minimum absolute atomic E-state index is 0.0489. The van der Waals surface area contributed by atoms with Crippen molar-refractivity contribution in [2.24, 2.45) is 5.92 Å². The third-order valence-corrected chi connectivity index (χ3v) is 11.8. The second-order valence-electron chi connectivity index (χ2n) is 13.3. The Hall–Kier alpha value is -6.05. The number of rotatable bonds is 14. The number of anilines is 2. The molecule has 0 radical (unpaired) electrons. The van der Waals surface area contributed by atoms with E-state index >= 15 is 0 Å². The summed E-state index contributed by atoms with van der Waals surface area (Å²) in [6.07, 6.45) is 4.06. The molecule has 294 valence electrons. The van der Waals surface area contributed by atoms with Gasteiger partial charge in [0.15, 0.2) is 11.5 Å². The highest BCUT2D eigenvalue weighted by Crippen LogP contribution is 2.43. The number of methoxy groups -OCH3 is 4. The second kappa shape index (κ2) is 18.7. The van der Waals surface area contributed by atoms with Gasteiger partial charge in [0.1, 0.15) is 15.9 Å². The molecule has 1 aliphatic carbocycles. The van der Waals surface area contributed by atoms with Gasteiger partial charge in [0, 0.05) is 21.0 Å². The third-order valence-electron chi connectivity index (χ3n) is 9.35. The first-order valence-electron chi connectivity index (χ1n) is 18.2. The fraction of sp³-hybridized carbons (Fsp3) is 0.227. The molecule has 11 nitrogen and oxygen atoms in total. The van der Waals surface area contributed by atoms with E-state index in [1.54, 1.807) is 60.7 Å². The number of carbonyl (C=O) groups excluding carboxylic acids is 4. The number of thiophene rings is 1. The number of ether oxygens (including phenoxy) is 4. The molecule has 57 heavy (non-hydrogen) atoms. The van der Waals surface area contributed by atoms with Gasteiger partial charge in [-0.3, -0.25) is 14.4 Å². The predicted molar refractivity (Wildman–Crippen MR) is 224 cm³/mol. The molecule has 1 heterocycles. The maximum Gasteiger partial charge on any atom is 0.341 e. The van der Waals surface area contributed by atoms with Crippen LogP contribution in [-0.4, -0.2) is 52.1 Å². The summed E-state index contributed by atoms with van der Waals surface area (Å²) < 4.78 is 21.6. The number of amides is 3. The van der Waals surface area contributed by atoms with Crippen molar-refractivity contribution in [1.29, 1.82) is 0 Å². The summed E-state index contributed by atoms with van der Waals surface area (Å²) in [7, 11) is 5.82. The van der Waals surface area contributed by atoms with Gasteiger partial charge < -0.3 is 34.9 Å². The van der Waals surface area contributed by atoms with Crippen molar-refractivity contribution >= 4 is 63.6 Å². The lowest BCUT2D eigenvalue weighted by atomic mass is 9.88. The summed E-state index contributed by atoms with van der Waals surface area (Å²) in [5.74, 6) is -0.267. The first-order chi connectivity index (χ1) is 27.6. The highest BCUT2D eigenvalue weighted by atomic mass is 32.2. The molecule has 0 aliphatic heterocycles. The molecule has 4 aromatic carbocycles. The number of hydrogen-bond donors (Lipinski definition) is 3. The fourth-order valence-electron chi connectivity index (χ4n) is 6.51. The standard InChI is InChI=1S/C44H43N3O8S2/c1-26-19-20-32-36(21-26)57-43(37(32)44(51)55-5)47-42(50)39(28-13-8-6-9-14-28)56-31-18-12-17-30(25-31)45-41(49)33(46-40(48)29-15-10-7-11-16-29)22-27-23-34(52-2)38(54-4)35(24-27)53-3/h6-18,22-26,39H,19-21H2,1-5H3,(H,45,49)(H,46,48)(H,47,50)/b33-22+. The molecule has 0 spiro atoms. The Kier molecular flexibility index (Phi) is 13.3. The number of esters is 1. The molecule has 2 atom stereocenters. The smallest absolute Gasteiger partial charge is 0.341 e. The highest BCUT2D eigenvalue weighted by Gasteiger charge is 2.31. The quantitative estimate of drug-likeness (QED) is 0.0572. The van der Waals surface area contributed by atoms with Crippen LogP contribution in [0.3, 0.4) is 0 Å². The van der Waals surface area contributed by atoms with Crippen LogP contribution in [0.2, 0.25) is 0 Å². The molecule has 13 heteroatoms. The van der Waals surface area contributed by atoms with E-state index in [2.05, 4.69) is 22.9 Å². The first kappa shape index (κ1) is 40.6. The molecule has 3 N–H and O–H groups in total. The van der Waals surface area contributed by atoms with Gasteiger partial charge in [-0.1, -0.05) is 61.5 Å². The summed E-state index contributed by atoms with van der Waals surface area (Å²) in [5, 5.41) is 8.50. The zero-order chi connectivity index (χ0) is 40.5. The van der Waals surface area contributed by atoms with Crippen molar-refractivity contribution in [3.63, 3.8) is 0 Å². The van der Waals surface area contributed by atoms with Crippen molar-refractivity contribution in [2.75, 3.05) is 39.1 Å². The summed E-state index contributed by atoms with van der Waals surface area (Å²) >= 11 is 2.73. The molecular formula is C44H43N3O8S2. The Morgan fingerprint density at radius 3 is 2.16 bits per heavy atom. The summed E-state index contributed by atoms with van der Waals surface area (Å²) in [4.78, 5) is 56.3. The highest BCUT2D eigenvalue weighted by molar-refractivity contribution is 8.00. The van der Waals surface area contributed by atoms with E-state index < -0.39 is 23.0 Å². The van der Waals surface area contributed by atoms with Crippen LogP contribution in [0.15, 0.2) is 108 Å². The Balaban J connectivity index is 1.28. The van der Waals surface area contributed by atoms with Crippen molar-refractivity contribution in [2.45, 2.75) is 36.3 Å². The van der Waals surface area contributed by atoms with E-state index in [-0.39, 0.29) is 11.6 Å². The summed E-state index contributed by atoms with van der Waals surface area (Å²) in [5.41, 5.74) is 3.37. The van der Waals surface area contributed by atoms with E-state index in [0.29, 0.717) is 55.4 Å². The van der Waals surface area contributed by atoms with Crippen molar-refractivity contribution in [3.8, 4) is 17.2 Å². The maximum atomic E-state index is 14.2. The largest absolute Gasteiger partial charge is 0.493 e. The van der Waals surface area contributed by atoms with Crippen LogP contribution in [-0.2, 0) is 27.2 Å². The minimum Gasteiger partial charge on any atom is -0.493 e. The van der Waals surface area contributed by atoms with E-state index in [4.69, 9.17) is 18.9 Å². The van der Waals surface area contributed by atoms with E-state index in [1.807, 2.05) is 36.4 Å². The Morgan fingerprint density at radius 1 is 0.825 bits per heavy atom. The van der Waals surface area contributed by atoms with Crippen LogP contribution in [0.1, 0.15) is 60.9 Å². The average molecular weight is 806 g/mol. The number of benzene rings is 4. The number of nitrogens with one attached hydrogen (secondary N) is 3. The number of thioether (sulfide) groups is 1. The molecule has 0 saturated heterocycles. The van der Waals surface area contributed by atoms with Crippen molar-refractivity contribution in [1.82, 2.24) is 5.32 Å². The molecule has 5 aromatic rings. The fourth-order valence-corrected chi connectivity index (χ4v) is 9.00. The lowest BCUT2D eigenvalue weighted by Gasteiger charge is -2.18. The third kappa shape index (κ3) is 9.68. The summed E-state index contributed by atoms with van der Waals surface area (Å²) in [6, 6.07) is 28.3. The van der Waals surface area contributed by atoms with Crippen molar-refractivity contribution < 1.29 is 38.1 Å². The lowest BCUT2D eigenvalue weighted by molar-refractivity contribution is -0.116. The molecule has 0 fully saturated rings. The van der Waals surface area contributed by atoms with E-state index in [9.17, 15) is 19.2 Å². The van der Waals surface area contributed by atoms with Gasteiger partial charge in [-0.2, -0.15) is 0 Å². The van der Waals surface area contributed by atoms with Crippen LogP contribution in [0, 0.1) is 5.92 Å². The monoisotopic (exact) mass is 805 g/mol. The number of hydrogen-bond acceptors (Lipinski definition) is 10. The Labute approximate surface area is 339 Å². The van der Waals surface area contributed by atoms with Gasteiger partial charge in [0.2, 0.25) is 11.7 Å². The maximum absolute atomic E-state index is 14.2. The van der Waals surface area contributed by atoms with Gasteiger partial charge in [0.25, 0.3) is 11.8 Å². The molecular weight excluding hydrogens is 763 g/mol. The molecule has 1 aromatic heterocycles. The Morgan fingerprint density at radius 2 is 1.51 bits per heavy atom. The van der Waals surface area contributed by atoms with Crippen LogP contribution in [0.25, 0.3) is 6.08 Å². The lowest BCUT2D eigenvalue weighted by Crippen LogP contribution is -2.30. The molecule has 1 aliphatic rings. The molecule has 6 rings (SSSR count). The zero-order valence-corrected chi connectivity index (χ0v) is 33.8. The molecule has 3 amide bonds. The first-order valence-corrected chi connectivity index (χ1v) is 19.9. The molecule has 0 bridgehead atoms. The SMILES string of the molecule is COC(=O)c1c(NC(=O)C(Sc2cccc(NC(=O)/C(=C\c3cc(OC)c(OC)c(OC)c3)NC(=O)c3ccccc3)c2)c2ccccc2)sc2c1CCC(C)C2. The average Bonchev–Trinajstić information content (AvgIpc) is 3.58.